The molecule has 0 saturated carbocycles. The first kappa shape index (κ1) is 33.2. The molecular formula is C34H38N4O6S2. The van der Waals surface area contributed by atoms with Gasteiger partial charge in [-0.15, -0.1) is 0 Å². The first-order valence-corrected chi connectivity index (χ1v) is 17.4. The number of ether oxygens (including phenoxy) is 4. The molecule has 1 unspecified atom stereocenters. The van der Waals surface area contributed by atoms with E-state index in [0.29, 0.717) is 57.8 Å². The largest absolute Gasteiger partial charge is 0.493 e. The Balaban J connectivity index is 0.00000204. The summed E-state index contributed by atoms with van der Waals surface area (Å²) in [5.41, 5.74) is 1.18. The van der Waals surface area contributed by atoms with Crippen LogP contribution < -0.4 is 24.5 Å². The van der Waals surface area contributed by atoms with Crippen molar-refractivity contribution in [1.82, 2.24) is 19.4 Å². The highest BCUT2D eigenvalue weighted by Crippen LogP contribution is 2.40. The molecule has 0 radical (unpaired) electrons. The van der Waals surface area contributed by atoms with E-state index in [1.54, 1.807) is 63.7 Å². The zero-order valence-corrected chi connectivity index (χ0v) is 28.5. The minimum atomic E-state index is -0.198. The van der Waals surface area contributed by atoms with Crippen molar-refractivity contribution in [3.05, 3.63) is 65.2 Å². The third-order valence-corrected chi connectivity index (χ3v) is 10.5. The maximum atomic E-state index is 14.2. The smallest absolute Gasteiger partial charge is 0.259 e. The molecule has 0 N–H and O–H groups in total. The topological polar surface area (TPSA) is 105 Å². The standard InChI is InChI=1S/C32H32N4O6S2.C2H6/c1-19(43-44-29-7-5-6-10-33-29)8-9-30(37)35(2)11-12-36-31-22-15-27-28(42-18-41-27)16-24(22)34-17-23(31)20-13-25(39-3)26(40-4)14-21(20)32(36)38;1-2/h5-7,10,13-17,19H,8-9,11-12,18H2,1-4H3;1-2H3. The number of carbonyl (C=O) groups excluding carboxylic acids is 1. The molecule has 5 aromatic rings. The van der Waals surface area contributed by atoms with Crippen LogP contribution in [0.4, 0.5) is 0 Å². The molecule has 6 rings (SSSR count). The number of rotatable bonds is 11. The highest BCUT2D eigenvalue weighted by atomic mass is 33.1. The number of benzene rings is 2. The zero-order valence-electron chi connectivity index (χ0n) is 26.9. The van der Waals surface area contributed by atoms with Crippen molar-refractivity contribution in [2.24, 2.45) is 0 Å². The summed E-state index contributed by atoms with van der Waals surface area (Å²) in [7, 11) is 8.21. The molecule has 0 saturated heterocycles. The predicted octanol–water partition coefficient (Wildman–Crippen LogP) is 6.94. The van der Waals surface area contributed by atoms with E-state index in [1.165, 1.54) is 7.11 Å². The number of hydrogen-bond acceptors (Lipinski definition) is 10. The van der Waals surface area contributed by atoms with Crippen LogP contribution in [0.5, 0.6) is 23.0 Å². The number of fused-ring (bicyclic) bond motifs is 6. The van der Waals surface area contributed by atoms with Crippen LogP contribution in [0.25, 0.3) is 32.6 Å². The number of carbonyl (C=O) groups is 1. The van der Waals surface area contributed by atoms with Crippen molar-refractivity contribution < 1.29 is 23.7 Å². The van der Waals surface area contributed by atoms with E-state index in [-0.39, 0.29) is 30.1 Å². The molecule has 0 spiro atoms. The van der Waals surface area contributed by atoms with E-state index in [9.17, 15) is 9.59 Å². The van der Waals surface area contributed by atoms with Crippen molar-refractivity contribution in [2.75, 3.05) is 34.6 Å². The van der Waals surface area contributed by atoms with Crippen molar-refractivity contribution in [1.29, 1.82) is 0 Å². The van der Waals surface area contributed by atoms with Gasteiger partial charge in [-0.3, -0.25) is 14.6 Å². The second-order valence-corrected chi connectivity index (χ2v) is 13.1. The van der Waals surface area contributed by atoms with Gasteiger partial charge >= 0.3 is 0 Å². The number of pyridine rings is 3. The van der Waals surface area contributed by atoms with E-state index in [2.05, 4.69) is 11.9 Å². The maximum Gasteiger partial charge on any atom is 0.259 e. The van der Waals surface area contributed by atoms with Crippen molar-refractivity contribution in [2.45, 2.75) is 50.4 Å². The van der Waals surface area contributed by atoms with Crippen molar-refractivity contribution in [3.8, 4) is 23.0 Å². The predicted molar refractivity (Wildman–Crippen MR) is 186 cm³/mol. The second kappa shape index (κ2) is 15.0. The van der Waals surface area contributed by atoms with Crippen molar-refractivity contribution in [3.63, 3.8) is 0 Å². The van der Waals surface area contributed by atoms with Gasteiger partial charge in [0.1, 0.15) is 5.03 Å². The molecule has 1 atom stereocenters. The molecule has 46 heavy (non-hydrogen) atoms. The Morgan fingerprint density at radius 2 is 1.72 bits per heavy atom. The zero-order chi connectivity index (χ0) is 32.8. The summed E-state index contributed by atoms with van der Waals surface area (Å²) in [6, 6.07) is 13.0. The van der Waals surface area contributed by atoms with E-state index >= 15 is 0 Å². The summed E-state index contributed by atoms with van der Waals surface area (Å²) in [5.74, 6) is 2.21. The Hall–Kier alpha value is -4.16. The molecule has 12 heteroatoms. The second-order valence-electron chi connectivity index (χ2n) is 10.5. The first-order valence-electron chi connectivity index (χ1n) is 15.2. The third-order valence-electron chi connectivity index (χ3n) is 7.68. The van der Waals surface area contributed by atoms with Crippen LogP contribution >= 0.6 is 21.6 Å². The summed E-state index contributed by atoms with van der Waals surface area (Å²) in [5, 5.41) is 3.92. The van der Waals surface area contributed by atoms with Gasteiger partial charge in [0.25, 0.3) is 5.56 Å². The van der Waals surface area contributed by atoms with Gasteiger partial charge in [0.15, 0.2) is 23.0 Å². The van der Waals surface area contributed by atoms with Crippen LogP contribution in [0.3, 0.4) is 0 Å². The fourth-order valence-electron chi connectivity index (χ4n) is 5.26. The third kappa shape index (κ3) is 6.82. The SMILES string of the molecule is CC.COc1cc2c(=O)n(CCN(C)C(=O)CCC(C)SSc3ccccn3)c3c4cc5c(cc4ncc3c2cc1OC)OCO5. The van der Waals surface area contributed by atoms with Crippen LogP contribution in [0, 0.1) is 0 Å². The fraction of sp³-hybridized carbons (Fsp3) is 0.353. The Labute approximate surface area is 275 Å². The minimum absolute atomic E-state index is 0.0275. The van der Waals surface area contributed by atoms with Gasteiger partial charge in [0.05, 0.1) is 30.6 Å². The van der Waals surface area contributed by atoms with Gasteiger partial charge in [-0.05, 0) is 47.5 Å². The lowest BCUT2D eigenvalue weighted by Gasteiger charge is -2.21. The van der Waals surface area contributed by atoms with Crippen LogP contribution in [0.2, 0.25) is 0 Å². The van der Waals surface area contributed by atoms with Crippen LogP contribution in [0.1, 0.15) is 33.6 Å². The molecule has 10 nitrogen and oxygen atoms in total. The Kier molecular flexibility index (Phi) is 10.8. The van der Waals surface area contributed by atoms with Crippen LogP contribution in [-0.2, 0) is 11.3 Å². The number of aromatic nitrogens is 3. The Bertz CT molecular complexity index is 1920. The average Bonchev–Trinajstić information content (AvgIpc) is 3.56. The molecule has 1 aliphatic heterocycles. The lowest BCUT2D eigenvalue weighted by Crippen LogP contribution is -2.33. The maximum absolute atomic E-state index is 14.2. The average molecular weight is 663 g/mol. The normalized spacial score (nSPS) is 12.6. The molecule has 0 bridgehead atoms. The van der Waals surface area contributed by atoms with E-state index in [1.807, 2.05) is 50.2 Å². The lowest BCUT2D eigenvalue weighted by atomic mass is 10.0. The highest BCUT2D eigenvalue weighted by molar-refractivity contribution is 8.76. The Morgan fingerprint density at radius 3 is 2.41 bits per heavy atom. The summed E-state index contributed by atoms with van der Waals surface area (Å²) in [6.07, 6.45) is 4.68. The first-order chi connectivity index (χ1) is 22.4. The van der Waals surface area contributed by atoms with Crippen molar-refractivity contribution >= 4 is 60.1 Å². The van der Waals surface area contributed by atoms with Gasteiger partial charge < -0.3 is 28.4 Å². The monoisotopic (exact) mass is 662 g/mol. The number of likely N-dealkylation sites (N-methyl/N-ethyl adjacent to an activating group) is 1. The number of methoxy groups -OCH3 is 2. The van der Waals surface area contributed by atoms with E-state index < -0.39 is 0 Å². The molecule has 4 heterocycles. The van der Waals surface area contributed by atoms with Gasteiger partial charge in [0, 0.05) is 66.4 Å². The highest BCUT2D eigenvalue weighted by Gasteiger charge is 2.22. The van der Waals surface area contributed by atoms with Crippen LogP contribution in [0.15, 0.2) is 64.7 Å². The number of hydrogen-bond donors (Lipinski definition) is 0. The molecular weight excluding hydrogens is 625 g/mol. The van der Waals surface area contributed by atoms with Crippen LogP contribution in [-0.4, -0.2) is 65.2 Å². The van der Waals surface area contributed by atoms with Gasteiger partial charge in [-0.2, -0.15) is 0 Å². The lowest BCUT2D eigenvalue weighted by molar-refractivity contribution is -0.130. The fourth-order valence-corrected chi connectivity index (χ4v) is 7.35. The number of nitrogens with zero attached hydrogens (tertiary/aromatic N) is 4. The van der Waals surface area contributed by atoms with E-state index in [4.69, 9.17) is 23.9 Å². The van der Waals surface area contributed by atoms with E-state index in [0.717, 1.165) is 22.2 Å². The van der Waals surface area contributed by atoms with Gasteiger partial charge in [0.2, 0.25) is 12.7 Å². The molecule has 0 aliphatic carbocycles. The number of amides is 1. The minimum Gasteiger partial charge on any atom is -0.493 e. The summed E-state index contributed by atoms with van der Waals surface area (Å²) < 4.78 is 24.0. The molecule has 242 valence electrons. The van der Waals surface area contributed by atoms with Gasteiger partial charge in [-0.1, -0.05) is 37.6 Å². The Morgan fingerprint density at radius 1 is 1.00 bits per heavy atom. The summed E-state index contributed by atoms with van der Waals surface area (Å²) in [4.78, 5) is 38.0. The molecule has 0 fully saturated rings. The molecule has 1 amide bonds. The molecule has 3 aromatic heterocycles. The quantitative estimate of drug-likeness (QED) is 0.109. The van der Waals surface area contributed by atoms with Gasteiger partial charge in [-0.25, -0.2) is 4.98 Å². The molecule has 1 aliphatic rings. The summed E-state index contributed by atoms with van der Waals surface area (Å²) in [6.45, 7) is 6.88. The summed E-state index contributed by atoms with van der Waals surface area (Å²) >= 11 is 0. The molecule has 2 aromatic carbocycles.